The van der Waals surface area contributed by atoms with Gasteiger partial charge in [0.1, 0.15) is 0 Å². The molecule has 0 unspecified atom stereocenters. The maximum atomic E-state index is 6.34. The molecule has 2 aromatic rings. The van der Waals surface area contributed by atoms with E-state index in [-0.39, 0.29) is 18.4 Å². The number of halogens is 4. The van der Waals surface area contributed by atoms with E-state index in [0.29, 0.717) is 16.6 Å². The summed E-state index contributed by atoms with van der Waals surface area (Å²) in [6, 6.07) is 13.7. The van der Waals surface area contributed by atoms with Crippen LogP contribution < -0.4 is 10.7 Å². The monoisotopic (exact) mass is 433 g/mol. The van der Waals surface area contributed by atoms with E-state index in [1.807, 2.05) is 29.3 Å². The molecule has 0 fully saturated rings. The molecule has 0 amide bonds. The van der Waals surface area contributed by atoms with Gasteiger partial charge in [0, 0.05) is 22.5 Å². The summed E-state index contributed by atoms with van der Waals surface area (Å²) in [5.74, 6) is 0. The summed E-state index contributed by atoms with van der Waals surface area (Å²) in [4.78, 5) is 0. The normalized spacial score (nSPS) is 17.0. The molecule has 3 nitrogen and oxygen atoms in total. The first-order chi connectivity index (χ1) is 10.6. The molecule has 2 N–H and O–H groups in total. The quantitative estimate of drug-likeness (QED) is 0.697. The van der Waals surface area contributed by atoms with Crippen LogP contribution >= 0.6 is 51.5 Å². The van der Waals surface area contributed by atoms with Crippen molar-refractivity contribution in [2.24, 2.45) is 10.8 Å². The van der Waals surface area contributed by atoms with Gasteiger partial charge in [0.25, 0.3) is 0 Å². The molecular weight excluding hydrogens is 420 g/mol. The van der Waals surface area contributed by atoms with E-state index >= 15 is 0 Å². The van der Waals surface area contributed by atoms with Gasteiger partial charge in [0.15, 0.2) is 0 Å². The summed E-state index contributed by atoms with van der Waals surface area (Å²) >= 11 is 15.8. The molecule has 7 heteroatoms. The lowest BCUT2D eigenvalue weighted by Crippen LogP contribution is -2.19. The van der Waals surface area contributed by atoms with E-state index in [0.717, 1.165) is 22.3 Å². The fraction of sp³-hybridized carbons (Fsp3) is 0.188. The van der Waals surface area contributed by atoms with Gasteiger partial charge in [-0.25, -0.2) is 0 Å². The third-order valence-corrected chi connectivity index (χ3v) is 4.69. The summed E-state index contributed by atoms with van der Waals surface area (Å²) < 4.78 is 1.05. The number of hydrogen-bond donors (Lipinski definition) is 1. The van der Waals surface area contributed by atoms with Crippen LogP contribution in [0.3, 0.4) is 0 Å². The Bertz CT molecular complexity index is 719. The van der Waals surface area contributed by atoms with Crippen LogP contribution in [0.15, 0.2) is 52.0 Å². The minimum atomic E-state index is 0. The predicted octanol–water partition coefficient (Wildman–Crippen LogP) is 5.44. The van der Waals surface area contributed by atoms with Crippen LogP contribution in [0.4, 0.5) is 5.69 Å². The van der Waals surface area contributed by atoms with Crippen LogP contribution in [-0.2, 0) is 0 Å². The molecule has 0 radical (unpaired) electrons. The Balaban J connectivity index is 0.00000192. The fourth-order valence-electron chi connectivity index (χ4n) is 2.53. The lowest BCUT2D eigenvalue weighted by atomic mass is 10.0. The maximum Gasteiger partial charge on any atom is 0.0829 e. The van der Waals surface area contributed by atoms with Crippen LogP contribution in [-0.4, -0.2) is 12.3 Å². The average molecular weight is 436 g/mol. The van der Waals surface area contributed by atoms with Gasteiger partial charge in [-0.2, -0.15) is 5.10 Å². The molecule has 122 valence electrons. The number of hydrazone groups is 1. The highest BCUT2D eigenvalue weighted by atomic mass is 79.9. The second kappa shape index (κ2) is 7.86. The van der Waals surface area contributed by atoms with Crippen molar-refractivity contribution in [3.63, 3.8) is 0 Å². The van der Waals surface area contributed by atoms with E-state index in [9.17, 15) is 0 Å². The first-order valence-electron chi connectivity index (χ1n) is 6.84. The number of rotatable bonds is 3. The molecule has 0 saturated carbocycles. The largest absolute Gasteiger partial charge is 0.325 e. The average Bonchev–Trinajstić information content (AvgIpc) is 2.92. The lowest BCUT2D eigenvalue weighted by molar-refractivity contribution is 0.708. The summed E-state index contributed by atoms with van der Waals surface area (Å²) in [6.07, 6.45) is 0.789. The van der Waals surface area contributed by atoms with Crippen molar-refractivity contribution < 1.29 is 0 Å². The minimum Gasteiger partial charge on any atom is -0.325 e. The van der Waals surface area contributed by atoms with E-state index in [4.69, 9.17) is 28.9 Å². The fourth-order valence-corrected chi connectivity index (χ4v) is 3.29. The van der Waals surface area contributed by atoms with Gasteiger partial charge in [-0.15, -0.1) is 12.4 Å². The Morgan fingerprint density at radius 2 is 1.87 bits per heavy atom. The summed E-state index contributed by atoms with van der Waals surface area (Å²) in [5, 5.41) is 7.76. The van der Waals surface area contributed by atoms with E-state index in [1.165, 1.54) is 5.56 Å². The third-order valence-electron chi connectivity index (χ3n) is 3.62. The molecule has 0 saturated heterocycles. The van der Waals surface area contributed by atoms with E-state index in [2.05, 4.69) is 33.2 Å². The van der Waals surface area contributed by atoms with Crippen LogP contribution in [0, 0.1) is 0 Å². The van der Waals surface area contributed by atoms with Gasteiger partial charge in [-0.3, -0.25) is 5.01 Å². The molecular formula is C16H15BrCl3N3. The Morgan fingerprint density at radius 3 is 2.48 bits per heavy atom. The van der Waals surface area contributed by atoms with Crippen LogP contribution in [0.5, 0.6) is 0 Å². The molecule has 3 rings (SSSR count). The van der Waals surface area contributed by atoms with Crippen LogP contribution in [0.25, 0.3) is 0 Å². The second-order valence-electron chi connectivity index (χ2n) is 5.08. The smallest absolute Gasteiger partial charge is 0.0829 e. The Kier molecular flexibility index (Phi) is 6.34. The number of anilines is 1. The van der Waals surface area contributed by atoms with Gasteiger partial charge in [-0.05, 0) is 35.9 Å². The molecule has 23 heavy (non-hydrogen) atoms. The minimum absolute atomic E-state index is 0. The summed E-state index contributed by atoms with van der Waals surface area (Å²) in [5.41, 5.74) is 8.74. The summed E-state index contributed by atoms with van der Waals surface area (Å²) in [6.45, 7) is 0.439. The van der Waals surface area contributed by atoms with Crippen molar-refractivity contribution in [1.82, 2.24) is 0 Å². The molecule has 2 aromatic carbocycles. The van der Waals surface area contributed by atoms with E-state index < -0.39 is 0 Å². The highest BCUT2D eigenvalue weighted by Crippen LogP contribution is 2.39. The van der Waals surface area contributed by atoms with Crippen molar-refractivity contribution in [2.45, 2.75) is 12.5 Å². The molecule has 1 aliphatic heterocycles. The number of hydrogen-bond acceptors (Lipinski definition) is 3. The zero-order chi connectivity index (χ0) is 15.7. The maximum absolute atomic E-state index is 6.34. The molecule has 1 heterocycles. The number of benzene rings is 2. The molecule has 0 spiro atoms. The standard InChI is InChI=1S/C16H14BrCl2N3.ClH/c17-11-3-1-10(2-4-11)16-8-13(9-20)21-22(16)15-6-5-12(18)7-14(15)19;/h1-7,16H,8-9,20H2;1H/t16-;/m0./s1. The number of nitrogens with zero attached hydrogens (tertiary/aromatic N) is 2. The van der Waals surface area contributed by atoms with Gasteiger partial charge in [0.05, 0.1) is 22.5 Å². The lowest BCUT2D eigenvalue weighted by Gasteiger charge is -2.25. The van der Waals surface area contributed by atoms with Crippen molar-refractivity contribution in [1.29, 1.82) is 0 Å². The van der Waals surface area contributed by atoms with Crippen molar-refractivity contribution >= 4 is 62.9 Å². The Morgan fingerprint density at radius 1 is 1.17 bits per heavy atom. The molecule has 0 aromatic heterocycles. The van der Waals surface area contributed by atoms with Crippen LogP contribution in [0.2, 0.25) is 10.0 Å². The predicted molar refractivity (Wildman–Crippen MR) is 104 cm³/mol. The van der Waals surface area contributed by atoms with Gasteiger partial charge < -0.3 is 5.73 Å². The summed E-state index contributed by atoms with van der Waals surface area (Å²) in [7, 11) is 0. The Hall–Kier alpha value is -0.780. The van der Waals surface area contributed by atoms with Crippen molar-refractivity contribution in [2.75, 3.05) is 11.6 Å². The Labute approximate surface area is 160 Å². The molecule has 0 aliphatic carbocycles. The number of nitrogens with two attached hydrogens (primary N) is 1. The van der Waals surface area contributed by atoms with Crippen molar-refractivity contribution in [3.8, 4) is 0 Å². The third kappa shape index (κ3) is 4.01. The zero-order valence-corrected chi connectivity index (χ0v) is 16.0. The van der Waals surface area contributed by atoms with Crippen molar-refractivity contribution in [3.05, 3.63) is 62.5 Å². The zero-order valence-electron chi connectivity index (χ0n) is 12.0. The van der Waals surface area contributed by atoms with Crippen LogP contribution in [0.1, 0.15) is 18.0 Å². The molecule has 0 bridgehead atoms. The second-order valence-corrected chi connectivity index (χ2v) is 6.84. The van der Waals surface area contributed by atoms with Gasteiger partial charge in [-0.1, -0.05) is 51.3 Å². The first kappa shape index (κ1) is 18.6. The SMILES string of the molecule is Cl.NCC1=NN(c2ccc(Cl)cc2Cl)[C@H](c2ccc(Br)cc2)C1. The van der Waals surface area contributed by atoms with Gasteiger partial charge in [0.2, 0.25) is 0 Å². The molecule has 1 aliphatic rings. The topological polar surface area (TPSA) is 41.6 Å². The van der Waals surface area contributed by atoms with E-state index in [1.54, 1.807) is 6.07 Å². The van der Waals surface area contributed by atoms with Gasteiger partial charge >= 0.3 is 0 Å². The highest BCUT2D eigenvalue weighted by molar-refractivity contribution is 9.10. The first-order valence-corrected chi connectivity index (χ1v) is 8.39. The highest BCUT2D eigenvalue weighted by Gasteiger charge is 2.29. The molecule has 1 atom stereocenters.